The van der Waals surface area contributed by atoms with Crippen LogP contribution in [0.25, 0.3) is 11.1 Å². The third kappa shape index (κ3) is 5.67. The number of urea groups is 1. The van der Waals surface area contributed by atoms with Crippen molar-refractivity contribution in [3.63, 3.8) is 0 Å². The zero-order chi connectivity index (χ0) is 24.3. The normalized spacial score (nSPS) is 19.4. The van der Waals surface area contributed by atoms with E-state index in [2.05, 4.69) is 22.9 Å². The van der Waals surface area contributed by atoms with E-state index in [9.17, 15) is 18.0 Å². The molecule has 2 aromatic rings. The maximum atomic E-state index is 12.4. The van der Waals surface area contributed by atoms with Crippen LogP contribution in [0.3, 0.4) is 0 Å². The van der Waals surface area contributed by atoms with Crippen molar-refractivity contribution in [1.82, 2.24) is 15.5 Å². The summed E-state index contributed by atoms with van der Waals surface area (Å²) >= 11 is 1.47. The van der Waals surface area contributed by atoms with Crippen LogP contribution in [0.2, 0.25) is 0 Å². The highest BCUT2D eigenvalue weighted by atomic mass is 32.2. The molecule has 0 spiro atoms. The van der Waals surface area contributed by atoms with Gasteiger partial charge in [-0.2, -0.15) is 0 Å². The van der Waals surface area contributed by atoms with Gasteiger partial charge in [0.2, 0.25) is 5.91 Å². The quantitative estimate of drug-likeness (QED) is 0.534. The summed E-state index contributed by atoms with van der Waals surface area (Å²) < 4.78 is 23.8. The number of nitrogens with zero attached hydrogens (tertiary/aromatic N) is 1. The first-order valence-corrected chi connectivity index (χ1v) is 14.2. The molecule has 0 saturated carbocycles. The van der Waals surface area contributed by atoms with E-state index in [4.69, 9.17) is 0 Å². The number of benzene rings is 2. The number of carbonyl (C=O) groups excluding carboxylic acids is 2. The van der Waals surface area contributed by atoms with Crippen molar-refractivity contribution < 1.29 is 18.0 Å². The van der Waals surface area contributed by atoms with Gasteiger partial charge in [-0.1, -0.05) is 36.9 Å². The smallest absolute Gasteiger partial charge is 0.317 e. The summed E-state index contributed by atoms with van der Waals surface area (Å²) in [4.78, 5) is 27.9. The first-order chi connectivity index (χ1) is 16.2. The highest BCUT2D eigenvalue weighted by Gasteiger charge is 2.27. The first kappa shape index (κ1) is 24.4. The maximum absolute atomic E-state index is 12.4. The lowest BCUT2D eigenvalue weighted by Crippen LogP contribution is -2.44. The summed E-state index contributed by atoms with van der Waals surface area (Å²) in [6.07, 6.45) is 4.57. The second-order valence-electron chi connectivity index (χ2n) is 8.59. The summed E-state index contributed by atoms with van der Waals surface area (Å²) in [5.41, 5.74) is 2.27. The zero-order valence-corrected chi connectivity index (χ0v) is 21.0. The average molecular weight is 503 g/mol. The molecule has 10 heteroatoms. The second kappa shape index (κ2) is 10.3. The van der Waals surface area contributed by atoms with Gasteiger partial charge in [0.05, 0.1) is 10.6 Å². The minimum Gasteiger partial charge on any atom is -0.356 e. The first-order valence-electron chi connectivity index (χ1n) is 11.5. The highest BCUT2D eigenvalue weighted by molar-refractivity contribution is 8.00. The number of nitrogens with one attached hydrogen (secondary N) is 3. The van der Waals surface area contributed by atoms with Gasteiger partial charge in [-0.25, -0.2) is 13.2 Å². The van der Waals surface area contributed by atoms with Crippen LogP contribution in [-0.4, -0.2) is 56.1 Å². The third-order valence-corrected chi connectivity index (χ3v) is 8.34. The predicted molar refractivity (Wildman–Crippen MR) is 134 cm³/mol. The van der Waals surface area contributed by atoms with Gasteiger partial charge in [0, 0.05) is 36.7 Å². The Morgan fingerprint density at radius 1 is 1.18 bits per heavy atom. The van der Waals surface area contributed by atoms with Crippen molar-refractivity contribution >= 4 is 39.2 Å². The fraction of sp³-hybridized carbons (Fsp3) is 0.417. The Kier molecular flexibility index (Phi) is 7.37. The molecule has 0 aliphatic carbocycles. The monoisotopic (exact) mass is 502 g/mol. The van der Waals surface area contributed by atoms with E-state index in [1.165, 1.54) is 18.0 Å². The Morgan fingerprint density at radius 2 is 1.97 bits per heavy atom. The molecule has 2 atom stereocenters. The van der Waals surface area contributed by atoms with E-state index in [-0.39, 0.29) is 22.3 Å². The summed E-state index contributed by atoms with van der Waals surface area (Å²) in [6, 6.07) is 12.7. The molecule has 2 aliphatic rings. The minimum atomic E-state index is -3.29. The van der Waals surface area contributed by atoms with Crippen LogP contribution in [0, 0.1) is 0 Å². The molecule has 3 amide bonds. The maximum Gasteiger partial charge on any atom is 0.317 e. The zero-order valence-electron chi connectivity index (χ0n) is 19.3. The largest absolute Gasteiger partial charge is 0.356 e. The number of fused-ring (bicyclic) bond motifs is 1. The fourth-order valence-corrected chi connectivity index (χ4v) is 6.09. The molecule has 0 aromatic heterocycles. The molecule has 1 saturated heterocycles. The number of hydrogen-bond donors (Lipinski definition) is 3. The lowest BCUT2D eigenvalue weighted by atomic mass is 10.1. The van der Waals surface area contributed by atoms with Crippen molar-refractivity contribution in [3.8, 4) is 11.1 Å². The van der Waals surface area contributed by atoms with Crippen molar-refractivity contribution in [2.45, 2.75) is 53.9 Å². The average Bonchev–Trinajstić information content (AvgIpc) is 3.44. The molecular formula is C24H30N4O4S2. The summed E-state index contributed by atoms with van der Waals surface area (Å²) in [5.74, 6) is 0.0953. The standard InChI is InChI=1S/C24H30N4O4S2/c1-3-18-7-5-13-28(18)22(29)11-12-25-23(30)27-24-26-20-10-9-17(15-21(20)33-24)16-6-4-8-19(14-16)34(2,31)32/h4,6,8-10,14-15,18,24,26H,3,5,7,11-13H2,1-2H3,(H2,25,27,30). The number of sulfone groups is 1. The number of hydrogen-bond acceptors (Lipinski definition) is 6. The minimum absolute atomic E-state index is 0.0953. The van der Waals surface area contributed by atoms with Crippen LogP contribution in [0.5, 0.6) is 0 Å². The van der Waals surface area contributed by atoms with Gasteiger partial charge in [0.25, 0.3) is 0 Å². The molecule has 34 heavy (non-hydrogen) atoms. The molecule has 2 aliphatic heterocycles. The lowest BCUT2D eigenvalue weighted by molar-refractivity contribution is -0.131. The lowest BCUT2D eigenvalue weighted by Gasteiger charge is -2.23. The van der Waals surface area contributed by atoms with E-state index in [1.54, 1.807) is 18.2 Å². The number of likely N-dealkylation sites (tertiary alicyclic amines) is 1. The van der Waals surface area contributed by atoms with E-state index < -0.39 is 9.84 Å². The van der Waals surface area contributed by atoms with Crippen LogP contribution >= 0.6 is 11.8 Å². The molecule has 2 aromatic carbocycles. The molecule has 1 fully saturated rings. The second-order valence-corrected chi connectivity index (χ2v) is 11.8. The Hall–Kier alpha value is -2.72. The number of thioether (sulfide) groups is 1. The van der Waals surface area contributed by atoms with Gasteiger partial charge in [0.1, 0.15) is 0 Å². The Labute approximate surface area is 204 Å². The summed E-state index contributed by atoms with van der Waals surface area (Å²) in [6.45, 7) is 3.20. The van der Waals surface area contributed by atoms with E-state index in [1.807, 2.05) is 29.2 Å². The number of rotatable bonds is 7. The highest BCUT2D eigenvalue weighted by Crippen LogP contribution is 2.40. The van der Waals surface area contributed by atoms with Gasteiger partial charge in [-0.05, 0) is 54.7 Å². The molecule has 182 valence electrons. The molecule has 4 rings (SSSR count). The topological polar surface area (TPSA) is 108 Å². The van der Waals surface area contributed by atoms with Gasteiger partial charge in [0.15, 0.2) is 15.3 Å². The van der Waals surface area contributed by atoms with E-state index >= 15 is 0 Å². The molecule has 2 heterocycles. The van der Waals surface area contributed by atoms with Crippen LogP contribution in [0.4, 0.5) is 10.5 Å². The van der Waals surface area contributed by atoms with Crippen LogP contribution < -0.4 is 16.0 Å². The van der Waals surface area contributed by atoms with Gasteiger partial charge < -0.3 is 20.9 Å². The van der Waals surface area contributed by atoms with Crippen LogP contribution in [-0.2, 0) is 14.6 Å². The number of carbonyl (C=O) groups is 2. The number of amides is 3. The van der Waals surface area contributed by atoms with Crippen molar-refractivity contribution in [1.29, 1.82) is 0 Å². The molecular weight excluding hydrogens is 472 g/mol. The Balaban J connectivity index is 1.29. The SMILES string of the molecule is CCC1CCCN1C(=O)CCNC(=O)NC1Nc2ccc(-c3cccc(S(C)(=O)=O)c3)cc2S1. The molecule has 3 N–H and O–H groups in total. The van der Waals surface area contributed by atoms with Crippen LogP contribution in [0.15, 0.2) is 52.3 Å². The van der Waals surface area contributed by atoms with Gasteiger partial charge in [-0.15, -0.1) is 0 Å². The van der Waals surface area contributed by atoms with Gasteiger partial charge in [-0.3, -0.25) is 4.79 Å². The molecule has 0 radical (unpaired) electrons. The Morgan fingerprint density at radius 3 is 2.74 bits per heavy atom. The fourth-order valence-electron chi connectivity index (χ4n) is 4.37. The van der Waals surface area contributed by atoms with Crippen molar-refractivity contribution in [2.24, 2.45) is 0 Å². The van der Waals surface area contributed by atoms with E-state index in [0.717, 1.165) is 47.5 Å². The molecule has 2 unspecified atom stereocenters. The van der Waals surface area contributed by atoms with Crippen molar-refractivity contribution in [3.05, 3.63) is 42.5 Å². The Bertz CT molecular complexity index is 1190. The molecule has 0 bridgehead atoms. The van der Waals surface area contributed by atoms with Gasteiger partial charge >= 0.3 is 6.03 Å². The van der Waals surface area contributed by atoms with E-state index in [0.29, 0.717) is 19.0 Å². The third-order valence-electron chi connectivity index (χ3n) is 6.16. The molecule has 8 nitrogen and oxygen atoms in total. The summed E-state index contributed by atoms with van der Waals surface area (Å²) in [7, 11) is -3.29. The van der Waals surface area contributed by atoms with Crippen molar-refractivity contribution in [2.75, 3.05) is 24.7 Å². The number of anilines is 1. The summed E-state index contributed by atoms with van der Waals surface area (Å²) in [5, 5.41) is 8.91. The van der Waals surface area contributed by atoms with Crippen LogP contribution in [0.1, 0.15) is 32.6 Å². The predicted octanol–water partition coefficient (Wildman–Crippen LogP) is 3.65.